The molecule has 0 saturated carbocycles. The molecule has 0 bridgehead atoms. The summed E-state index contributed by atoms with van der Waals surface area (Å²) in [4.78, 5) is 14.4. The summed E-state index contributed by atoms with van der Waals surface area (Å²) in [7, 11) is 0. The van der Waals surface area contributed by atoms with E-state index in [1.807, 2.05) is 32.0 Å². The molecule has 0 spiro atoms. The average molecular weight is 344 g/mol. The largest absolute Gasteiger partial charge is 0.393 e. The molecular weight excluding hydrogens is 320 g/mol. The Morgan fingerprint density at radius 2 is 2.24 bits per heavy atom. The normalized spacial score (nSPS) is 20.7. The van der Waals surface area contributed by atoms with Gasteiger partial charge in [0.25, 0.3) is 5.91 Å². The van der Waals surface area contributed by atoms with Gasteiger partial charge in [-0.15, -0.1) is 0 Å². The summed E-state index contributed by atoms with van der Waals surface area (Å²) in [5.41, 5.74) is 2.19. The highest BCUT2D eigenvalue weighted by atomic mass is 16.5. The molecule has 1 saturated heterocycles. The zero-order valence-corrected chi connectivity index (χ0v) is 14.7. The SMILES string of the molecule is CCc1cc(C(=O)N2CCO[C@](CO)(Cc3cccc(C)c3)C2)on1. The summed E-state index contributed by atoms with van der Waals surface area (Å²) >= 11 is 0. The number of aryl methyl sites for hydroxylation is 2. The number of hydrogen-bond donors (Lipinski definition) is 1. The van der Waals surface area contributed by atoms with Gasteiger partial charge in [0.2, 0.25) is 5.76 Å². The van der Waals surface area contributed by atoms with Gasteiger partial charge in [-0.2, -0.15) is 0 Å². The summed E-state index contributed by atoms with van der Waals surface area (Å²) in [6.45, 7) is 5.00. The van der Waals surface area contributed by atoms with Gasteiger partial charge in [-0.3, -0.25) is 4.79 Å². The first-order valence-electron chi connectivity index (χ1n) is 8.60. The van der Waals surface area contributed by atoms with Gasteiger partial charge in [0.1, 0.15) is 5.60 Å². The first-order valence-corrected chi connectivity index (χ1v) is 8.60. The zero-order chi connectivity index (χ0) is 17.9. The lowest BCUT2D eigenvalue weighted by Gasteiger charge is -2.41. The predicted molar refractivity (Wildman–Crippen MR) is 92.4 cm³/mol. The number of morpholine rings is 1. The number of nitrogens with zero attached hydrogens (tertiary/aromatic N) is 2. The average Bonchev–Trinajstić information content (AvgIpc) is 3.10. The highest BCUT2D eigenvalue weighted by Crippen LogP contribution is 2.25. The standard InChI is InChI=1S/C19H24N2O4/c1-3-16-10-17(25-20-16)18(23)21-7-8-24-19(12-21,13-22)11-15-6-4-5-14(2)9-15/h4-6,9-10,22H,3,7-8,11-13H2,1-2H3/t19-/m1/s1. The molecule has 1 aromatic heterocycles. The lowest BCUT2D eigenvalue weighted by atomic mass is 9.92. The van der Waals surface area contributed by atoms with E-state index >= 15 is 0 Å². The number of rotatable bonds is 5. The molecule has 2 aromatic rings. The maximum Gasteiger partial charge on any atom is 0.292 e. The summed E-state index contributed by atoms with van der Waals surface area (Å²) in [5, 5.41) is 13.9. The number of carbonyl (C=O) groups is 1. The maximum atomic E-state index is 12.7. The molecule has 6 heteroatoms. The van der Waals surface area contributed by atoms with E-state index in [9.17, 15) is 9.90 Å². The van der Waals surface area contributed by atoms with Crippen LogP contribution in [0.5, 0.6) is 0 Å². The quantitative estimate of drug-likeness (QED) is 0.898. The van der Waals surface area contributed by atoms with E-state index in [0.29, 0.717) is 32.5 Å². The van der Waals surface area contributed by atoms with Crippen LogP contribution in [0, 0.1) is 6.92 Å². The van der Waals surface area contributed by atoms with Crippen molar-refractivity contribution in [1.29, 1.82) is 0 Å². The Morgan fingerprint density at radius 1 is 1.40 bits per heavy atom. The molecule has 134 valence electrons. The monoisotopic (exact) mass is 344 g/mol. The number of benzene rings is 1. The van der Waals surface area contributed by atoms with Crippen LogP contribution in [0.4, 0.5) is 0 Å². The van der Waals surface area contributed by atoms with Gasteiger partial charge in [-0.25, -0.2) is 0 Å². The van der Waals surface area contributed by atoms with Crippen LogP contribution in [-0.2, 0) is 17.6 Å². The number of aliphatic hydroxyl groups is 1. The molecule has 25 heavy (non-hydrogen) atoms. The van der Waals surface area contributed by atoms with Gasteiger partial charge in [0.05, 0.1) is 25.5 Å². The molecule has 1 N–H and O–H groups in total. The van der Waals surface area contributed by atoms with Gasteiger partial charge in [-0.1, -0.05) is 41.9 Å². The first kappa shape index (κ1) is 17.6. The van der Waals surface area contributed by atoms with E-state index in [4.69, 9.17) is 9.26 Å². The third-order valence-electron chi connectivity index (χ3n) is 4.56. The molecule has 1 amide bonds. The first-order chi connectivity index (χ1) is 12.0. The second-order valence-corrected chi connectivity index (χ2v) is 6.62. The second-order valence-electron chi connectivity index (χ2n) is 6.62. The summed E-state index contributed by atoms with van der Waals surface area (Å²) in [6, 6.07) is 9.78. The van der Waals surface area contributed by atoms with Gasteiger partial charge in [0.15, 0.2) is 0 Å². The molecular formula is C19H24N2O4. The highest BCUT2D eigenvalue weighted by Gasteiger charge is 2.39. The van der Waals surface area contributed by atoms with Crippen LogP contribution >= 0.6 is 0 Å². The molecule has 1 fully saturated rings. The van der Waals surface area contributed by atoms with E-state index in [1.165, 1.54) is 0 Å². The lowest BCUT2D eigenvalue weighted by molar-refractivity contribution is -0.124. The second kappa shape index (κ2) is 7.37. The number of carbonyl (C=O) groups excluding carboxylic acids is 1. The van der Waals surface area contributed by atoms with Crippen molar-refractivity contribution in [2.24, 2.45) is 0 Å². The highest BCUT2D eigenvalue weighted by molar-refractivity contribution is 5.91. The minimum atomic E-state index is -0.796. The van der Waals surface area contributed by atoms with Gasteiger partial charge >= 0.3 is 0 Å². The summed E-state index contributed by atoms with van der Waals surface area (Å²) in [5.74, 6) is 0.0266. The van der Waals surface area contributed by atoms with E-state index in [0.717, 1.165) is 16.8 Å². The molecule has 0 unspecified atom stereocenters. The van der Waals surface area contributed by atoms with Crippen LogP contribution in [0.1, 0.15) is 34.3 Å². The van der Waals surface area contributed by atoms with E-state index in [-0.39, 0.29) is 18.3 Å². The van der Waals surface area contributed by atoms with Crippen LogP contribution in [0.15, 0.2) is 34.9 Å². The number of aromatic nitrogens is 1. The number of hydrogen-bond acceptors (Lipinski definition) is 5. The van der Waals surface area contributed by atoms with Crippen molar-refractivity contribution < 1.29 is 19.2 Å². The van der Waals surface area contributed by atoms with Crippen molar-refractivity contribution >= 4 is 5.91 Å². The van der Waals surface area contributed by atoms with Gasteiger partial charge in [-0.05, 0) is 18.9 Å². The Hall–Kier alpha value is -2.18. The number of amides is 1. The lowest BCUT2D eigenvalue weighted by Crippen LogP contribution is -2.56. The number of aliphatic hydroxyl groups excluding tert-OH is 1. The maximum absolute atomic E-state index is 12.7. The third-order valence-corrected chi connectivity index (χ3v) is 4.56. The Kier molecular flexibility index (Phi) is 5.20. The molecule has 0 radical (unpaired) electrons. The fourth-order valence-corrected chi connectivity index (χ4v) is 3.21. The third kappa shape index (κ3) is 3.91. The molecule has 1 atom stereocenters. The van der Waals surface area contributed by atoms with Crippen molar-refractivity contribution in [2.75, 3.05) is 26.3 Å². The summed E-state index contributed by atoms with van der Waals surface area (Å²) in [6.07, 6.45) is 1.26. The number of ether oxygens (including phenoxy) is 1. The smallest absolute Gasteiger partial charge is 0.292 e. The molecule has 6 nitrogen and oxygen atoms in total. The van der Waals surface area contributed by atoms with Crippen molar-refractivity contribution in [2.45, 2.75) is 32.3 Å². The zero-order valence-electron chi connectivity index (χ0n) is 14.7. The molecule has 3 rings (SSSR count). The van der Waals surface area contributed by atoms with Crippen molar-refractivity contribution in [3.05, 3.63) is 52.9 Å². The van der Waals surface area contributed by atoms with Crippen molar-refractivity contribution in [1.82, 2.24) is 10.1 Å². The van der Waals surface area contributed by atoms with Crippen LogP contribution in [0.3, 0.4) is 0 Å². The molecule has 1 aromatic carbocycles. The van der Waals surface area contributed by atoms with Gasteiger partial charge < -0.3 is 19.3 Å². The fraction of sp³-hybridized carbons (Fsp3) is 0.474. The van der Waals surface area contributed by atoms with Crippen molar-refractivity contribution in [3.63, 3.8) is 0 Å². The van der Waals surface area contributed by atoms with Crippen LogP contribution in [0.2, 0.25) is 0 Å². The summed E-state index contributed by atoms with van der Waals surface area (Å²) < 4.78 is 11.1. The predicted octanol–water partition coefficient (Wildman–Crippen LogP) is 1.99. The van der Waals surface area contributed by atoms with E-state index in [2.05, 4.69) is 11.2 Å². The molecule has 1 aliphatic rings. The van der Waals surface area contributed by atoms with Gasteiger partial charge in [0, 0.05) is 19.0 Å². The Balaban J connectivity index is 1.76. The minimum Gasteiger partial charge on any atom is -0.393 e. The molecule has 2 heterocycles. The molecule has 1 aliphatic heterocycles. The minimum absolute atomic E-state index is 0.151. The topological polar surface area (TPSA) is 75.8 Å². The van der Waals surface area contributed by atoms with Crippen LogP contribution < -0.4 is 0 Å². The molecule has 0 aliphatic carbocycles. The van der Waals surface area contributed by atoms with Crippen LogP contribution in [-0.4, -0.2) is 53.0 Å². The Labute approximate surface area is 147 Å². The van der Waals surface area contributed by atoms with Crippen molar-refractivity contribution in [3.8, 4) is 0 Å². The Morgan fingerprint density at radius 3 is 2.92 bits per heavy atom. The van der Waals surface area contributed by atoms with E-state index in [1.54, 1.807) is 11.0 Å². The Bertz CT molecular complexity index is 743. The van der Waals surface area contributed by atoms with E-state index < -0.39 is 5.60 Å². The fourth-order valence-electron chi connectivity index (χ4n) is 3.21. The van der Waals surface area contributed by atoms with Crippen LogP contribution in [0.25, 0.3) is 0 Å².